The molecule has 1 fully saturated rings. The summed E-state index contributed by atoms with van der Waals surface area (Å²) in [5.41, 5.74) is 0.712. The van der Waals surface area contributed by atoms with E-state index in [1.165, 1.54) is 6.92 Å². The number of nitrogens with one attached hydrogen (secondary N) is 1. The summed E-state index contributed by atoms with van der Waals surface area (Å²) in [6.07, 6.45) is 1.91. The van der Waals surface area contributed by atoms with E-state index in [0.717, 1.165) is 12.8 Å². The molecule has 0 bridgehead atoms. The van der Waals surface area contributed by atoms with Crippen molar-refractivity contribution in [3.05, 3.63) is 35.9 Å². The minimum absolute atomic E-state index is 0.0902. The van der Waals surface area contributed by atoms with Gasteiger partial charge in [-0.3, -0.25) is 4.79 Å². The van der Waals surface area contributed by atoms with Crippen LogP contribution in [-0.4, -0.2) is 25.6 Å². The Hall–Kier alpha value is -1.36. The molecule has 0 radical (unpaired) electrons. The van der Waals surface area contributed by atoms with Crippen molar-refractivity contribution < 1.29 is 13.2 Å². The highest BCUT2D eigenvalue weighted by Crippen LogP contribution is 2.20. The molecule has 18 heavy (non-hydrogen) atoms. The maximum Gasteiger partial charge on any atom is 0.238 e. The monoisotopic (exact) mass is 267 g/mol. The zero-order valence-electron chi connectivity index (χ0n) is 10.3. The zero-order valence-corrected chi connectivity index (χ0v) is 11.1. The van der Waals surface area contributed by atoms with Gasteiger partial charge >= 0.3 is 0 Å². The Labute approximate surface area is 107 Å². The minimum Gasteiger partial charge on any atom is -0.352 e. The molecular weight excluding hydrogens is 250 g/mol. The molecule has 1 saturated carbocycles. The van der Waals surface area contributed by atoms with Crippen LogP contribution in [0.5, 0.6) is 0 Å². The van der Waals surface area contributed by atoms with Crippen LogP contribution in [0.25, 0.3) is 0 Å². The Kier molecular flexibility index (Phi) is 3.71. The lowest BCUT2D eigenvalue weighted by molar-refractivity contribution is -0.120. The lowest BCUT2D eigenvalue weighted by Gasteiger charge is -2.13. The van der Waals surface area contributed by atoms with Crippen molar-refractivity contribution in [1.82, 2.24) is 5.32 Å². The summed E-state index contributed by atoms with van der Waals surface area (Å²) >= 11 is 0. The maximum absolute atomic E-state index is 12.1. The molecule has 98 valence electrons. The van der Waals surface area contributed by atoms with Crippen LogP contribution < -0.4 is 5.32 Å². The summed E-state index contributed by atoms with van der Waals surface area (Å²) in [6.45, 7) is 1.45. The highest BCUT2D eigenvalue weighted by molar-refractivity contribution is 7.92. The van der Waals surface area contributed by atoms with Crippen molar-refractivity contribution >= 4 is 15.7 Å². The first-order chi connectivity index (χ1) is 8.49. The fourth-order valence-electron chi connectivity index (χ4n) is 1.64. The van der Waals surface area contributed by atoms with Crippen LogP contribution in [0.2, 0.25) is 0 Å². The van der Waals surface area contributed by atoms with E-state index >= 15 is 0 Å². The zero-order chi connectivity index (χ0) is 13.2. The van der Waals surface area contributed by atoms with Crippen LogP contribution in [-0.2, 0) is 20.4 Å². The van der Waals surface area contributed by atoms with Gasteiger partial charge in [0, 0.05) is 6.04 Å². The van der Waals surface area contributed by atoms with Gasteiger partial charge in [-0.1, -0.05) is 30.3 Å². The number of carbonyl (C=O) groups excluding carboxylic acids is 1. The average molecular weight is 267 g/mol. The SMILES string of the molecule is CC(C(=O)NC1CC1)S(=O)(=O)Cc1ccccc1. The Morgan fingerprint density at radius 3 is 2.50 bits per heavy atom. The summed E-state index contributed by atoms with van der Waals surface area (Å²) < 4.78 is 24.2. The molecule has 0 saturated heterocycles. The second-order valence-corrected chi connectivity index (χ2v) is 7.04. The Morgan fingerprint density at radius 1 is 1.33 bits per heavy atom. The van der Waals surface area contributed by atoms with E-state index in [0.29, 0.717) is 5.56 Å². The van der Waals surface area contributed by atoms with Crippen LogP contribution >= 0.6 is 0 Å². The van der Waals surface area contributed by atoms with E-state index in [1.54, 1.807) is 24.3 Å². The van der Waals surface area contributed by atoms with Crippen LogP contribution in [0.15, 0.2) is 30.3 Å². The molecule has 1 aromatic rings. The second-order valence-electron chi connectivity index (χ2n) is 4.72. The normalized spacial score (nSPS) is 17.2. The summed E-state index contributed by atoms with van der Waals surface area (Å²) in [7, 11) is -3.44. The number of rotatable bonds is 5. The molecule has 4 nitrogen and oxygen atoms in total. The summed E-state index contributed by atoms with van der Waals surface area (Å²) in [6, 6.07) is 9.11. The van der Waals surface area contributed by atoms with E-state index in [4.69, 9.17) is 0 Å². The summed E-state index contributed by atoms with van der Waals surface area (Å²) in [5.74, 6) is -0.471. The van der Waals surface area contributed by atoms with Gasteiger partial charge in [-0.2, -0.15) is 0 Å². The van der Waals surface area contributed by atoms with Crippen LogP contribution in [0.4, 0.5) is 0 Å². The topological polar surface area (TPSA) is 63.2 Å². The third-order valence-electron chi connectivity index (χ3n) is 3.04. The van der Waals surface area contributed by atoms with Crippen LogP contribution in [0.3, 0.4) is 0 Å². The van der Waals surface area contributed by atoms with Gasteiger partial charge in [-0.05, 0) is 25.3 Å². The van der Waals surface area contributed by atoms with E-state index in [1.807, 2.05) is 6.07 Å². The van der Waals surface area contributed by atoms with Crippen LogP contribution in [0, 0.1) is 0 Å². The van der Waals surface area contributed by atoms with E-state index in [2.05, 4.69) is 5.32 Å². The number of hydrogen-bond donors (Lipinski definition) is 1. The fraction of sp³-hybridized carbons (Fsp3) is 0.462. The van der Waals surface area contributed by atoms with Gasteiger partial charge in [-0.15, -0.1) is 0 Å². The highest BCUT2D eigenvalue weighted by atomic mass is 32.2. The molecule has 0 heterocycles. The number of benzene rings is 1. The molecule has 0 spiro atoms. The molecule has 1 aromatic carbocycles. The predicted octanol–water partition coefficient (Wildman–Crippen LogP) is 1.27. The number of amides is 1. The maximum atomic E-state index is 12.1. The Bertz CT molecular complexity index is 520. The molecular formula is C13H17NO3S. The molecule has 1 amide bonds. The molecule has 1 unspecified atom stereocenters. The molecule has 1 N–H and O–H groups in total. The summed E-state index contributed by atoms with van der Waals surface area (Å²) in [5, 5.41) is 1.74. The van der Waals surface area contributed by atoms with Gasteiger partial charge in [0.1, 0.15) is 5.25 Å². The van der Waals surface area contributed by atoms with Crippen molar-refractivity contribution in [2.45, 2.75) is 36.8 Å². The third-order valence-corrected chi connectivity index (χ3v) is 5.07. The standard InChI is InChI=1S/C13H17NO3S/c1-10(13(15)14-12-7-8-12)18(16,17)9-11-5-3-2-4-6-11/h2-6,10,12H,7-9H2,1H3,(H,14,15). The molecule has 1 aliphatic carbocycles. The van der Waals surface area contributed by atoms with E-state index in [-0.39, 0.29) is 17.7 Å². The van der Waals surface area contributed by atoms with Crippen molar-refractivity contribution in [1.29, 1.82) is 0 Å². The van der Waals surface area contributed by atoms with Gasteiger partial charge in [-0.25, -0.2) is 8.42 Å². The van der Waals surface area contributed by atoms with Crippen LogP contribution in [0.1, 0.15) is 25.3 Å². The predicted molar refractivity (Wildman–Crippen MR) is 69.7 cm³/mol. The largest absolute Gasteiger partial charge is 0.352 e. The number of sulfone groups is 1. The second kappa shape index (κ2) is 5.10. The van der Waals surface area contributed by atoms with Gasteiger partial charge < -0.3 is 5.32 Å². The highest BCUT2D eigenvalue weighted by Gasteiger charge is 2.32. The molecule has 1 aliphatic rings. The Morgan fingerprint density at radius 2 is 1.94 bits per heavy atom. The van der Waals surface area contributed by atoms with Crippen molar-refractivity contribution in [2.75, 3.05) is 0 Å². The fourth-order valence-corrected chi connectivity index (χ4v) is 2.94. The van der Waals surface area contributed by atoms with E-state index in [9.17, 15) is 13.2 Å². The van der Waals surface area contributed by atoms with Gasteiger partial charge in [0.25, 0.3) is 0 Å². The Balaban J connectivity index is 2.03. The van der Waals surface area contributed by atoms with Gasteiger partial charge in [0.15, 0.2) is 9.84 Å². The molecule has 2 rings (SSSR count). The number of carbonyl (C=O) groups is 1. The lowest BCUT2D eigenvalue weighted by Crippen LogP contribution is -2.39. The van der Waals surface area contributed by atoms with Crippen molar-refractivity contribution in [2.24, 2.45) is 0 Å². The average Bonchev–Trinajstić information content (AvgIpc) is 3.12. The van der Waals surface area contributed by atoms with Crippen molar-refractivity contribution in [3.8, 4) is 0 Å². The molecule has 1 atom stereocenters. The smallest absolute Gasteiger partial charge is 0.238 e. The molecule has 0 aromatic heterocycles. The first-order valence-electron chi connectivity index (χ1n) is 6.05. The first kappa shape index (κ1) is 13.1. The minimum atomic E-state index is -3.44. The lowest BCUT2D eigenvalue weighted by atomic mass is 10.2. The number of hydrogen-bond acceptors (Lipinski definition) is 3. The quantitative estimate of drug-likeness (QED) is 0.873. The van der Waals surface area contributed by atoms with E-state index < -0.39 is 15.1 Å². The van der Waals surface area contributed by atoms with Crippen molar-refractivity contribution in [3.63, 3.8) is 0 Å². The molecule has 0 aliphatic heterocycles. The first-order valence-corrected chi connectivity index (χ1v) is 7.76. The molecule has 5 heteroatoms. The van der Waals surface area contributed by atoms with Gasteiger partial charge in [0.05, 0.1) is 5.75 Å². The third kappa shape index (κ3) is 3.32. The van der Waals surface area contributed by atoms with Gasteiger partial charge in [0.2, 0.25) is 5.91 Å². The summed E-state index contributed by atoms with van der Waals surface area (Å²) in [4.78, 5) is 11.7.